The van der Waals surface area contributed by atoms with Crippen LogP contribution in [0.3, 0.4) is 0 Å². The van der Waals surface area contributed by atoms with E-state index >= 15 is 0 Å². The SMILES string of the molecule is Cc1ccccc1-n1nnnc1[C@@H](c1ccccc1)N(C)C(=O)CC[C@@]1(C)CCC(=O)N1. The number of hydrogen-bond donors (Lipinski definition) is 1. The van der Waals surface area contributed by atoms with E-state index in [1.807, 2.05) is 68.4 Å². The second kappa shape index (κ2) is 8.90. The minimum Gasteiger partial charge on any atom is -0.351 e. The Balaban J connectivity index is 1.64. The average molecular weight is 433 g/mol. The van der Waals surface area contributed by atoms with Crippen molar-refractivity contribution in [1.29, 1.82) is 0 Å². The Bertz CT molecular complexity index is 1110. The summed E-state index contributed by atoms with van der Waals surface area (Å²) in [6.07, 6.45) is 2.17. The van der Waals surface area contributed by atoms with Crippen molar-refractivity contribution >= 4 is 11.8 Å². The van der Waals surface area contributed by atoms with E-state index in [0.717, 1.165) is 23.2 Å². The average Bonchev–Trinajstić information content (AvgIpc) is 3.40. The van der Waals surface area contributed by atoms with Gasteiger partial charge in [0.2, 0.25) is 11.8 Å². The van der Waals surface area contributed by atoms with Gasteiger partial charge in [0.1, 0.15) is 6.04 Å². The number of rotatable bonds is 7. The number of amides is 2. The molecular weight excluding hydrogens is 404 g/mol. The molecule has 0 spiro atoms. The minimum absolute atomic E-state index is 0.0273. The molecule has 4 rings (SSSR count). The number of para-hydroxylation sites is 1. The maximum Gasteiger partial charge on any atom is 0.223 e. The first kappa shape index (κ1) is 21.7. The van der Waals surface area contributed by atoms with E-state index in [4.69, 9.17) is 0 Å². The largest absolute Gasteiger partial charge is 0.351 e. The number of carbonyl (C=O) groups excluding carboxylic acids is 2. The minimum atomic E-state index is -0.454. The molecule has 0 saturated carbocycles. The molecule has 1 aromatic heterocycles. The number of nitrogens with zero attached hydrogens (tertiary/aromatic N) is 5. The number of benzene rings is 2. The Morgan fingerprint density at radius 2 is 1.91 bits per heavy atom. The molecule has 2 atom stereocenters. The highest BCUT2D eigenvalue weighted by Crippen LogP contribution is 2.30. The molecule has 2 aromatic carbocycles. The van der Waals surface area contributed by atoms with Crippen LogP contribution < -0.4 is 5.32 Å². The summed E-state index contributed by atoms with van der Waals surface area (Å²) in [5, 5.41) is 15.5. The maximum absolute atomic E-state index is 13.3. The van der Waals surface area contributed by atoms with Gasteiger partial charge in [-0.2, -0.15) is 4.68 Å². The molecule has 1 saturated heterocycles. The quantitative estimate of drug-likeness (QED) is 0.620. The predicted molar refractivity (Wildman–Crippen MR) is 120 cm³/mol. The Kier molecular flexibility index (Phi) is 6.03. The monoisotopic (exact) mass is 432 g/mol. The molecule has 1 N–H and O–H groups in total. The zero-order valence-corrected chi connectivity index (χ0v) is 18.7. The van der Waals surface area contributed by atoms with Gasteiger partial charge in [-0.05, 0) is 54.3 Å². The van der Waals surface area contributed by atoms with E-state index in [2.05, 4.69) is 20.8 Å². The van der Waals surface area contributed by atoms with Crippen molar-refractivity contribution in [2.24, 2.45) is 0 Å². The fourth-order valence-electron chi connectivity index (χ4n) is 4.26. The van der Waals surface area contributed by atoms with Crippen molar-refractivity contribution in [3.63, 3.8) is 0 Å². The van der Waals surface area contributed by atoms with E-state index in [-0.39, 0.29) is 17.4 Å². The number of nitrogens with one attached hydrogen (secondary N) is 1. The second-order valence-corrected chi connectivity index (χ2v) is 8.66. The van der Waals surface area contributed by atoms with Gasteiger partial charge in [-0.25, -0.2) is 0 Å². The Hall–Kier alpha value is -3.55. The van der Waals surface area contributed by atoms with Crippen LogP contribution in [0.2, 0.25) is 0 Å². The van der Waals surface area contributed by atoms with Crippen LogP contribution in [0.1, 0.15) is 55.6 Å². The highest BCUT2D eigenvalue weighted by Gasteiger charge is 2.35. The van der Waals surface area contributed by atoms with E-state index in [0.29, 0.717) is 25.1 Å². The van der Waals surface area contributed by atoms with Gasteiger partial charge < -0.3 is 10.2 Å². The van der Waals surface area contributed by atoms with Crippen molar-refractivity contribution in [3.8, 4) is 5.69 Å². The van der Waals surface area contributed by atoms with Gasteiger partial charge in [-0.3, -0.25) is 9.59 Å². The summed E-state index contributed by atoms with van der Waals surface area (Å²) in [6, 6.07) is 17.2. The van der Waals surface area contributed by atoms with Crippen molar-refractivity contribution in [2.75, 3.05) is 7.05 Å². The van der Waals surface area contributed by atoms with E-state index in [9.17, 15) is 9.59 Å². The Morgan fingerprint density at radius 1 is 1.19 bits per heavy atom. The molecule has 1 aliphatic heterocycles. The van der Waals surface area contributed by atoms with Gasteiger partial charge in [0.25, 0.3) is 0 Å². The Labute approximate surface area is 187 Å². The van der Waals surface area contributed by atoms with Crippen LogP contribution >= 0.6 is 0 Å². The Morgan fingerprint density at radius 3 is 2.59 bits per heavy atom. The molecule has 8 nitrogen and oxygen atoms in total. The predicted octanol–water partition coefficient (Wildman–Crippen LogP) is 2.97. The third kappa shape index (κ3) is 4.39. The summed E-state index contributed by atoms with van der Waals surface area (Å²) in [5.41, 5.74) is 2.49. The van der Waals surface area contributed by atoms with Crippen LogP contribution in [0.15, 0.2) is 54.6 Å². The summed E-state index contributed by atoms with van der Waals surface area (Å²) in [4.78, 5) is 26.6. The summed E-state index contributed by atoms with van der Waals surface area (Å²) >= 11 is 0. The highest BCUT2D eigenvalue weighted by molar-refractivity contribution is 5.80. The lowest BCUT2D eigenvalue weighted by molar-refractivity contribution is -0.132. The smallest absolute Gasteiger partial charge is 0.223 e. The molecule has 32 heavy (non-hydrogen) atoms. The van der Waals surface area contributed by atoms with Crippen molar-refractivity contribution in [2.45, 2.75) is 51.1 Å². The van der Waals surface area contributed by atoms with Crippen LogP contribution in [0, 0.1) is 6.92 Å². The third-order valence-corrected chi connectivity index (χ3v) is 6.21. The number of carbonyl (C=O) groups is 2. The molecule has 166 valence electrons. The number of hydrogen-bond acceptors (Lipinski definition) is 5. The standard InChI is InChI=1S/C24H28N6O2/c1-17-9-7-8-12-19(17)30-23(26-27-28-30)22(18-10-5-4-6-11-18)29(3)21(32)14-16-24(2)15-13-20(31)25-24/h4-12,22H,13-16H2,1-3H3,(H,25,31)/t22-,24-/m1/s1. The van der Waals surface area contributed by atoms with Crippen molar-refractivity contribution < 1.29 is 9.59 Å². The van der Waals surface area contributed by atoms with Gasteiger partial charge in [0, 0.05) is 25.4 Å². The van der Waals surface area contributed by atoms with Crippen LogP contribution in [0.25, 0.3) is 5.69 Å². The van der Waals surface area contributed by atoms with E-state index in [1.54, 1.807) is 16.6 Å². The normalized spacial score (nSPS) is 18.9. The number of tetrazole rings is 1. The van der Waals surface area contributed by atoms with E-state index in [1.165, 1.54) is 0 Å². The molecule has 0 radical (unpaired) electrons. The fraction of sp³-hybridized carbons (Fsp3) is 0.375. The molecule has 0 bridgehead atoms. The molecule has 3 aromatic rings. The molecule has 1 fully saturated rings. The molecule has 0 aliphatic carbocycles. The van der Waals surface area contributed by atoms with Gasteiger partial charge >= 0.3 is 0 Å². The second-order valence-electron chi connectivity index (χ2n) is 8.66. The molecule has 2 amide bonds. The fourth-order valence-corrected chi connectivity index (χ4v) is 4.26. The number of aryl methyl sites for hydroxylation is 1. The van der Waals surface area contributed by atoms with Crippen LogP contribution in [-0.2, 0) is 9.59 Å². The summed E-state index contributed by atoms with van der Waals surface area (Å²) in [5.74, 6) is 0.593. The third-order valence-electron chi connectivity index (χ3n) is 6.21. The van der Waals surface area contributed by atoms with Gasteiger partial charge in [0.15, 0.2) is 5.82 Å². The molecule has 0 unspecified atom stereocenters. The van der Waals surface area contributed by atoms with Crippen LogP contribution in [0.5, 0.6) is 0 Å². The van der Waals surface area contributed by atoms with Crippen LogP contribution in [-0.4, -0.2) is 49.5 Å². The first-order valence-corrected chi connectivity index (χ1v) is 10.8. The topological polar surface area (TPSA) is 93.0 Å². The lowest BCUT2D eigenvalue weighted by Gasteiger charge is -2.30. The van der Waals surface area contributed by atoms with Crippen LogP contribution in [0.4, 0.5) is 0 Å². The lowest BCUT2D eigenvalue weighted by atomic mass is 9.93. The lowest BCUT2D eigenvalue weighted by Crippen LogP contribution is -2.40. The first-order valence-electron chi connectivity index (χ1n) is 10.8. The molecule has 8 heteroatoms. The van der Waals surface area contributed by atoms with Crippen molar-refractivity contribution in [3.05, 3.63) is 71.5 Å². The van der Waals surface area contributed by atoms with Crippen molar-refractivity contribution in [1.82, 2.24) is 30.4 Å². The summed E-state index contributed by atoms with van der Waals surface area (Å²) in [6.45, 7) is 4.00. The highest BCUT2D eigenvalue weighted by atomic mass is 16.2. The maximum atomic E-state index is 13.3. The first-order chi connectivity index (χ1) is 15.4. The van der Waals surface area contributed by atoms with Gasteiger partial charge in [-0.1, -0.05) is 48.5 Å². The van der Waals surface area contributed by atoms with Gasteiger partial charge in [-0.15, -0.1) is 5.10 Å². The summed E-state index contributed by atoms with van der Waals surface area (Å²) < 4.78 is 1.70. The molecule has 2 heterocycles. The summed E-state index contributed by atoms with van der Waals surface area (Å²) in [7, 11) is 1.78. The zero-order chi connectivity index (χ0) is 22.7. The molecular formula is C24H28N6O2. The van der Waals surface area contributed by atoms with Gasteiger partial charge in [0.05, 0.1) is 5.69 Å². The molecule has 1 aliphatic rings. The van der Waals surface area contributed by atoms with E-state index < -0.39 is 6.04 Å². The number of aromatic nitrogens is 4. The zero-order valence-electron chi connectivity index (χ0n) is 18.7.